The zero-order valence-electron chi connectivity index (χ0n) is 14.6. The first-order valence-corrected chi connectivity index (χ1v) is 7.82. The fraction of sp³-hybridized carbons (Fsp3) is 0.350. The van der Waals surface area contributed by atoms with E-state index in [4.69, 9.17) is 0 Å². The third kappa shape index (κ3) is 3.51. The highest BCUT2D eigenvalue weighted by Gasteiger charge is 2.37. The van der Waals surface area contributed by atoms with Crippen LogP contribution in [0.25, 0.3) is 0 Å². The van der Waals surface area contributed by atoms with Gasteiger partial charge in [-0.05, 0) is 63.1 Å². The molecule has 1 aromatic carbocycles. The van der Waals surface area contributed by atoms with Crippen molar-refractivity contribution < 1.29 is 8.78 Å². The summed E-state index contributed by atoms with van der Waals surface area (Å²) in [5.41, 5.74) is -1.49. The van der Waals surface area contributed by atoms with Gasteiger partial charge in [0.2, 0.25) is 0 Å². The molecule has 0 spiro atoms. The van der Waals surface area contributed by atoms with Gasteiger partial charge < -0.3 is 0 Å². The molecule has 2 aromatic rings. The van der Waals surface area contributed by atoms with Crippen molar-refractivity contribution in [1.82, 2.24) is 4.98 Å². The van der Waals surface area contributed by atoms with Gasteiger partial charge in [0.15, 0.2) is 0 Å². The molecule has 0 N–H and O–H groups in total. The van der Waals surface area contributed by atoms with E-state index in [1.165, 1.54) is 30.5 Å². The Hall–Kier alpha value is -2.79. The summed E-state index contributed by atoms with van der Waals surface area (Å²) in [5.74, 6) is -3.28. The molecule has 0 saturated carbocycles. The summed E-state index contributed by atoms with van der Waals surface area (Å²) in [5, 5.41) is 18.8. The van der Waals surface area contributed by atoms with Crippen molar-refractivity contribution in [2.45, 2.75) is 44.4 Å². The molecule has 0 amide bonds. The quantitative estimate of drug-likeness (QED) is 0.802. The Morgan fingerprint density at radius 2 is 1.32 bits per heavy atom. The molecular formula is C20H19F2N3. The molecule has 128 valence electrons. The molecule has 0 aliphatic carbocycles. The summed E-state index contributed by atoms with van der Waals surface area (Å²) < 4.78 is 30.1. The monoisotopic (exact) mass is 339 g/mol. The molecule has 0 aliphatic rings. The van der Waals surface area contributed by atoms with Crippen molar-refractivity contribution in [3.8, 4) is 12.1 Å². The summed E-state index contributed by atoms with van der Waals surface area (Å²) in [6.07, 6.45) is 2.55. The van der Waals surface area contributed by atoms with E-state index in [1.807, 2.05) is 0 Å². The summed E-state index contributed by atoms with van der Waals surface area (Å²) in [6.45, 7) is 6.66. The molecule has 0 atom stereocenters. The number of halogens is 2. The number of hydrogen-bond donors (Lipinski definition) is 0. The molecule has 0 aliphatic heterocycles. The lowest BCUT2D eigenvalue weighted by atomic mass is 9.78. The van der Waals surface area contributed by atoms with Crippen LogP contribution >= 0.6 is 0 Å². The van der Waals surface area contributed by atoms with Gasteiger partial charge >= 0.3 is 0 Å². The van der Waals surface area contributed by atoms with E-state index < -0.39 is 16.8 Å². The third-order valence-electron chi connectivity index (χ3n) is 4.32. The highest BCUT2D eigenvalue weighted by molar-refractivity contribution is 5.46. The minimum Gasteiger partial charge on any atom is -0.264 e. The van der Waals surface area contributed by atoms with Gasteiger partial charge in [0.25, 0.3) is 5.92 Å². The number of alkyl halides is 2. The average Bonchev–Trinajstić information content (AvgIpc) is 2.62. The maximum Gasteiger partial charge on any atom is 0.299 e. The van der Waals surface area contributed by atoms with Gasteiger partial charge in [0.05, 0.1) is 23.0 Å². The van der Waals surface area contributed by atoms with Crippen LogP contribution in [0.4, 0.5) is 8.78 Å². The maximum atomic E-state index is 15.0. The van der Waals surface area contributed by atoms with E-state index in [0.29, 0.717) is 11.1 Å². The van der Waals surface area contributed by atoms with Gasteiger partial charge in [-0.1, -0.05) is 6.07 Å². The molecule has 2 rings (SSSR count). The van der Waals surface area contributed by atoms with Crippen LogP contribution in [-0.4, -0.2) is 4.98 Å². The van der Waals surface area contributed by atoms with Crippen molar-refractivity contribution in [2.75, 3.05) is 0 Å². The first-order chi connectivity index (χ1) is 11.5. The van der Waals surface area contributed by atoms with Crippen LogP contribution in [0.3, 0.4) is 0 Å². The molecule has 0 saturated heterocycles. The normalized spacial score (nSPS) is 12.3. The first-order valence-electron chi connectivity index (χ1n) is 7.82. The number of benzene rings is 1. The smallest absolute Gasteiger partial charge is 0.264 e. The predicted molar refractivity (Wildman–Crippen MR) is 91.0 cm³/mol. The topological polar surface area (TPSA) is 60.5 Å². The molecule has 1 heterocycles. The molecule has 5 heteroatoms. The van der Waals surface area contributed by atoms with Crippen LogP contribution in [0.15, 0.2) is 42.7 Å². The Balaban J connectivity index is 2.75. The zero-order chi connectivity index (χ0) is 18.9. The Kier molecular flexibility index (Phi) is 4.64. The minimum atomic E-state index is -3.28. The SMILES string of the molecule is CC(C)(C#N)c1cc(C(C)(C)C#N)cc(C(F)(F)c2cccnc2)c1. The Bertz CT molecular complexity index is 812. The number of nitriles is 2. The highest BCUT2D eigenvalue weighted by Crippen LogP contribution is 2.39. The first kappa shape index (κ1) is 18.5. The maximum absolute atomic E-state index is 15.0. The second-order valence-electron chi connectivity index (χ2n) is 7.09. The van der Waals surface area contributed by atoms with E-state index in [-0.39, 0.29) is 11.1 Å². The molecule has 0 fully saturated rings. The van der Waals surface area contributed by atoms with E-state index in [1.54, 1.807) is 33.8 Å². The van der Waals surface area contributed by atoms with Crippen molar-refractivity contribution >= 4 is 0 Å². The Labute approximate surface area is 146 Å². The molecule has 25 heavy (non-hydrogen) atoms. The van der Waals surface area contributed by atoms with Crippen molar-refractivity contribution in [2.24, 2.45) is 0 Å². The fourth-order valence-electron chi connectivity index (χ4n) is 2.37. The lowest BCUT2D eigenvalue weighted by Crippen LogP contribution is -2.23. The van der Waals surface area contributed by atoms with Crippen LogP contribution in [-0.2, 0) is 16.8 Å². The lowest BCUT2D eigenvalue weighted by Gasteiger charge is -2.26. The molecule has 1 aromatic heterocycles. The van der Waals surface area contributed by atoms with Gasteiger partial charge in [-0.25, -0.2) is 0 Å². The second-order valence-corrected chi connectivity index (χ2v) is 7.09. The summed E-state index contributed by atoms with van der Waals surface area (Å²) >= 11 is 0. The van der Waals surface area contributed by atoms with Crippen molar-refractivity contribution in [1.29, 1.82) is 10.5 Å². The third-order valence-corrected chi connectivity index (χ3v) is 4.32. The molecule has 3 nitrogen and oxygen atoms in total. The Morgan fingerprint density at radius 1 is 0.840 bits per heavy atom. The van der Waals surface area contributed by atoms with Gasteiger partial charge in [-0.15, -0.1) is 0 Å². The van der Waals surface area contributed by atoms with E-state index in [0.717, 1.165) is 6.20 Å². The van der Waals surface area contributed by atoms with Crippen LogP contribution in [0.5, 0.6) is 0 Å². The van der Waals surface area contributed by atoms with Gasteiger partial charge in [-0.2, -0.15) is 19.3 Å². The van der Waals surface area contributed by atoms with E-state index >= 15 is 8.78 Å². The number of aromatic nitrogens is 1. The zero-order valence-corrected chi connectivity index (χ0v) is 14.6. The largest absolute Gasteiger partial charge is 0.299 e. The summed E-state index contributed by atoms with van der Waals surface area (Å²) in [7, 11) is 0. The van der Waals surface area contributed by atoms with E-state index in [2.05, 4.69) is 17.1 Å². The number of rotatable bonds is 4. The summed E-state index contributed by atoms with van der Waals surface area (Å²) in [4.78, 5) is 3.77. The lowest BCUT2D eigenvalue weighted by molar-refractivity contribution is 0.0422. The standard InChI is InChI=1S/C20H19F2N3/c1-18(2,12-23)15-8-16(19(3,4)13-24)10-17(9-15)20(21,22)14-6-5-7-25-11-14/h5-11H,1-4H3. The Morgan fingerprint density at radius 3 is 1.72 bits per heavy atom. The van der Waals surface area contributed by atoms with Gasteiger partial charge in [0.1, 0.15) is 0 Å². The van der Waals surface area contributed by atoms with Crippen LogP contribution < -0.4 is 0 Å². The van der Waals surface area contributed by atoms with Gasteiger partial charge in [0, 0.05) is 23.5 Å². The molecular weight excluding hydrogens is 320 g/mol. The van der Waals surface area contributed by atoms with Crippen LogP contribution in [0, 0.1) is 22.7 Å². The number of pyridine rings is 1. The van der Waals surface area contributed by atoms with Crippen molar-refractivity contribution in [3.63, 3.8) is 0 Å². The van der Waals surface area contributed by atoms with Crippen LogP contribution in [0.2, 0.25) is 0 Å². The van der Waals surface area contributed by atoms with E-state index in [9.17, 15) is 10.5 Å². The second kappa shape index (κ2) is 6.26. The molecule has 0 bridgehead atoms. The number of nitrogens with zero attached hydrogens (tertiary/aromatic N) is 3. The predicted octanol–water partition coefficient (Wildman–Crippen LogP) is 4.82. The van der Waals surface area contributed by atoms with Crippen LogP contribution in [0.1, 0.15) is 49.9 Å². The van der Waals surface area contributed by atoms with Gasteiger partial charge in [-0.3, -0.25) is 4.98 Å². The fourth-order valence-corrected chi connectivity index (χ4v) is 2.37. The molecule has 0 unspecified atom stereocenters. The number of hydrogen-bond acceptors (Lipinski definition) is 3. The summed E-state index contributed by atoms with van der Waals surface area (Å²) in [6, 6.07) is 11.4. The molecule has 0 radical (unpaired) electrons. The minimum absolute atomic E-state index is 0.234. The average molecular weight is 339 g/mol. The van der Waals surface area contributed by atoms with Crippen molar-refractivity contribution in [3.05, 3.63) is 65.0 Å². The highest BCUT2D eigenvalue weighted by atomic mass is 19.3.